The van der Waals surface area contributed by atoms with E-state index in [1.54, 1.807) is 26.0 Å². The van der Waals surface area contributed by atoms with Crippen LogP contribution in [0.2, 0.25) is 0 Å². The van der Waals surface area contributed by atoms with Crippen molar-refractivity contribution in [3.8, 4) is 0 Å². The molecule has 2 N–H and O–H groups in total. The molecule has 0 bridgehead atoms. The van der Waals surface area contributed by atoms with Gasteiger partial charge < -0.3 is 10.3 Å². The molecule has 0 atom stereocenters. The van der Waals surface area contributed by atoms with Gasteiger partial charge in [-0.15, -0.1) is 12.4 Å². The number of amides is 1. The molecular formula is C15H22ClN3O3. The number of carbonyl (C=O) groups is 1. The van der Waals surface area contributed by atoms with Gasteiger partial charge in [-0.25, -0.2) is 0 Å². The number of nitrogens with zero attached hydrogens (tertiary/aromatic N) is 2. The lowest BCUT2D eigenvalue weighted by Gasteiger charge is -1.96. The molecular weight excluding hydrogens is 306 g/mol. The van der Waals surface area contributed by atoms with Crippen molar-refractivity contribution in [2.45, 2.75) is 27.2 Å². The van der Waals surface area contributed by atoms with E-state index in [1.807, 2.05) is 23.9 Å². The highest BCUT2D eigenvalue weighted by atomic mass is 35.5. The van der Waals surface area contributed by atoms with Crippen LogP contribution in [0.4, 0.5) is 5.69 Å². The SMILES string of the molecule is CC(C)C(N)=O.CCc1cn(C)c2cc([N+](=O)[O-])ccc12.Cl. The Balaban J connectivity index is 0.000000546. The normalized spacial score (nSPS) is 9.86. The van der Waals surface area contributed by atoms with Crippen LogP contribution < -0.4 is 5.73 Å². The number of carbonyl (C=O) groups excluding carboxylic acids is 1. The molecule has 0 aliphatic heterocycles. The van der Waals surface area contributed by atoms with Crippen molar-refractivity contribution in [1.29, 1.82) is 0 Å². The van der Waals surface area contributed by atoms with Crippen molar-refractivity contribution in [3.63, 3.8) is 0 Å². The number of aryl methyl sites for hydroxylation is 2. The van der Waals surface area contributed by atoms with Gasteiger partial charge in [0, 0.05) is 36.7 Å². The van der Waals surface area contributed by atoms with Crippen molar-refractivity contribution in [1.82, 2.24) is 4.57 Å². The highest BCUT2D eigenvalue weighted by Gasteiger charge is 2.10. The lowest BCUT2D eigenvalue weighted by atomic mass is 10.1. The minimum absolute atomic E-state index is 0. The zero-order valence-corrected chi connectivity index (χ0v) is 14.0. The van der Waals surface area contributed by atoms with Crippen LogP contribution >= 0.6 is 12.4 Å². The summed E-state index contributed by atoms with van der Waals surface area (Å²) < 4.78 is 1.93. The van der Waals surface area contributed by atoms with Gasteiger partial charge in [-0.1, -0.05) is 20.8 Å². The van der Waals surface area contributed by atoms with Crippen LogP contribution in [0.25, 0.3) is 10.9 Å². The maximum atomic E-state index is 10.6. The molecule has 1 heterocycles. The average molecular weight is 328 g/mol. The minimum atomic E-state index is -0.363. The zero-order valence-electron chi connectivity index (χ0n) is 13.2. The van der Waals surface area contributed by atoms with Crippen molar-refractivity contribution in [3.05, 3.63) is 40.1 Å². The van der Waals surface area contributed by atoms with Crippen LogP contribution in [-0.2, 0) is 18.3 Å². The molecule has 0 aliphatic rings. The highest BCUT2D eigenvalue weighted by molar-refractivity contribution is 5.86. The number of primary amides is 1. The van der Waals surface area contributed by atoms with Crippen molar-refractivity contribution in [2.24, 2.45) is 18.7 Å². The smallest absolute Gasteiger partial charge is 0.271 e. The zero-order chi connectivity index (χ0) is 16.2. The van der Waals surface area contributed by atoms with E-state index >= 15 is 0 Å². The van der Waals surface area contributed by atoms with Gasteiger partial charge in [0.05, 0.1) is 10.4 Å². The van der Waals surface area contributed by atoms with Gasteiger partial charge in [0.25, 0.3) is 5.69 Å². The summed E-state index contributed by atoms with van der Waals surface area (Å²) in [6.07, 6.45) is 2.96. The molecule has 2 rings (SSSR count). The van der Waals surface area contributed by atoms with Crippen LogP contribution in [0.15, 0.2) is 24.4 Å². The van der Waals surface area contributed by atoms with Crippen molar-refractivity contribution >= 4 is 34.9 Å². The lowest BCUT2D eigenvalue weighted by Crippen LogP contribution is -2.17. The first kappa shape index (κ1) is 19.9. The van der Waals surface area contributed by atoms with E-state index in [2.05, 4.69) is 6.92 Å². The van der Waals surface area contributed by atoms with E-state index in [0.29, 0.717) is 0 Å². The fraction of sp³-hybridized carbons (Fsp3) is 0.400. The number of benzene rings is 1. The summed E-state index contributed by atoms with van der Waals surface area (Å²) in [5, 5.41) is 11.7. The fourth-order valence-electron chi connectivity index (χ4n) is 1.85. The Hall–Kier alpha value is -2.08. The number of nitrogens with two attached hydrogens (primary N) is 1. The second-order valence-electron chi connectivity index (χ2n) is 5.13. The summed E-state index contributed by atoms with van der Waals surface area (Å²) in [6.45, 7) is 5.61. The van der Waals surface area contributed by atoms with E-state index in [-0.39, 0.29) is 34.8 Å². The van der Waals surface area contributed by atoms with Gasteiger partial charge >= 0.3 is 0 Å². The van der Waals surface area contributed by atoms with Crippen LogP contribution in [0.5, 0.6) is 0 Å². The Labute approximate surface area is 135 Å². The van der Waals surface area contributed by atoms with E-state index in [9.17, 15) is 14.9 Å². The molecule has 22 heavy (non-hydrogen) atoms. The number of fused-ring (bicyclic) bond motifs is 1. The lowest BCUT2D eigenvalue weighted by molar-refractivity contribution is -0.384. The summed E-state index contributed by atoms with van der Waals surface area (Å²) in [6, 6.07) is 5.00. The summed E-state index contributed by atoms with van der Waals surface area (Å²) in [5.74, 6) is -0.250. The molecule has 1 aromatic heterocycles. The Morgan fingerprint density at radius 3 is 2.36 bits per heavy atom. The predicted octanol–water partition coefficient (Wildman–Crippen LogP) is 3.20. The van der Waals surface area contributed by atoms with E-state index < -0.39 is 0 Å². The Bertz CT molecular complexity index is 665. The number of aromatic nitrogens is 1. The molecule has 7 heteroatoms. The Kier molecular flexibility index (Phi) is 7.59. The first-order chi connectivity index (χ1) is 9.77. The number of halogens is 1. The minimum Gasteiger partial charge on any atom is -0.369 e. The molecule has 0 aliphatic carbocycles. The summed E-state index contributed by atoms with van der Waals surface area (Å²) in [5.41, 5.74) is 7.08. The van der Waals surface area contributed by atoms with Gasteiger partial charge in [-0.05, 0) is 18.1 Å². The quantitative estimate of drug-likeness (QED) is 0.693. The third kappa shape index (κ3) is 4.73. The summed E-state index contributed by atoms with van der Waals surface area (Å²) >= 11 is 0. The molecule has 2 aromatic rings. The molecule has 0 radical (unpaired) electrons. The van der Waals surface area contributed by atoms with Crippen molar-refractivity contribution in [2.75, 3.05) is 0 Å². The van der Waals surface area contributed by atoms with Crippen LogP contribution in [0.1, 0.15) is 26.3 Å². The topological polar surface area (TPSA) is 91.2 Å². The molecule has 6 nitrogen and oxygen atoms in total. The number of nitro groups is 1. The third-order valence-electron chi connectivity index (χ3n) is 3.22. The molecule has 0 saturated carbocycles. The second kappa shape index (κ2) is 8.38. The highest BCUT2D eigenvalue weighted by Crippen LogP contribution is 2.25. The van der Waals surface area contributed by atoms with Gasteiger partial charge in [-0.2, -0.15) is 0 Å². The number of nitro benzene ring substituents is 1. The predicted molar refractivity (Wildman–Crippen MR) is 90.2 cm³/mol. The number of hydrogen-bond donors (Lipinski definition) is 1. The van der Waals surface area contributed by atoms with Gasteiger partial charge in [-0.3, -0.25) is 14.9 Å². The number of rotatable bonds is 3. The maximum Gasteiger partial charge on any atom is 0.271 e. The average Bonchev–Trinajstić information content (AvgIpc) is 2.75. The van der Waals surface area contributed by atoms with Gasteiger partial charge in [0.15, 0.2) is 0 Å². The van der Waals surface area contributed by atoms with Gasteiger partial charge in [0.1, 0.15) is 0 Å². The van der Waals surface area contributed by atoms with E-state index in [0.717, 1.165) is 17.3 Å². The fourth-order valence-corrected chi connectivity index (χ4v) is 1.85. The second-order valence-corrected chi connectivity index (χ2v) is 5.13. The molecule has 0 unspecified atom stereocenters. The maximum absolute atomic E-state index is 10.6. The Morgan fingerprint density at radius 2 is 1.95 bits per heavy atom. The number of non-ortho nitro benzene ring substituents is 1. The van der Waals surface area contributed by atoms with Crippen LogP contribution in [-0.4, -0.2) is 15.4 Å². The first-order valence-corrected chi connectivity index (χ1v) is 6.79. The van der Waals surface area contributed by atoms with Gasteiger partial charge in [0.2, 0.25) is 5.91 Å². The van der Waals surface area contributed by atoms with Crippen LogP contribution in [0.3, 0.4) is 0 Å². The molecule has 122 valence electrons. The first-order valence-electron chi connectivity index (χ1n) is 6.79. The molecule has 0 spiro atoms. The standard InChI is InChI=1S/C11H12N2O2.C4H9NO.ClH/c1-3-8-7-12(2)11-6-9(13(14)15)4-5-10(8)11;1-3(2)4(5)6;/h4-7H,3H2,1-2H3;3H,1-2H3,(H2,5,6);1H. The monoisotopic (exact) mass is 327 g/mol. The largest absolute Gasteiger partial charge is 0.369 e. The van der Waals surface area contributed by atoms with Crippen LogP contribution in [0, 0.1) is 16.0 Å². The molecule has 0 fully saturated rings. The molecule has 1 amide bonds. The number of hydrogen-bond acceptors (Lipinski definition) is 3. The Morgan fingerprint density at radius 1 is 1.41 bits per heavy atom. The van der Waals surface area contributed by atoms with E-state index in [1.165, 1.54) is 5.56 Å². The molecule has 0 saturated heterocycles. The molecule has 1 aromatic carbocycles. The summed E-state index contributed by atoms with van der Waals surface area (Å²) in [7, 11) is 1.91. The van der Waals surface area contributed by atoms with E-state index in [4.69, 9.17) is 5.73 Å². The third-order valence-corrected chi connectivity index (χ3v) is 3.22. The van der Waals surface area contributed by atoms with Crippen molar-refractivity contribution < 1.29 is 9.72 Å². The summed E-state index contributed by atoms with van der Waals surface area (Å²) in [4.78, 5) is 20.2.